The molecule has 3 aromatic carbocycles. The number of nitrogens with one attached hydrogen (secondary N) is 1. The number of hydrogen-bond donors (Lipinski definition) is 1. The first kappa shape index (κ1) is 18.9. The second-order valence-corrected chi connectivity index (χ2v) is 7.02. The molecule has 0 bridgehead atoms. The molecule has 0 aliphatic carbocycles. The number of aromatic nitrogens is 1. The zero-order valence-electron chi connectivity index (χ0n) is 16.1. The molecule has 0 fully saturated rings. The van der Waals surface area contributed by atoms with Crippen molar-refractivity contribution in [3.63, 3.8) is 0 Å². The first-order valence-electron chi connectivity index (χ1n) is 9.57. The predicted molar refractivity (Wildman–Crippen MR) is 111 cm³/mol. The molecule has 0 saturated carbocycles. The Labute approximate surface area is 168 Å². The Balaban J connectivity index is 1.34. The van der Waals surface area contributed by atoms with Crippen molar-refractivity contribution >= 4 is 16.7 Å². The summed E-state index contributed by atoms with van der Waals surface area (Å²) in [5.74, 6) is 0.681. The molecule has 4 rings (SSSR count). The zero-order valence-corrected chi connectivity index (χ0v) is 16.1. The van der Waals surface area contributed by atoms with E-state index >= 15 is 0 Å². The van der Waals surface area contributed by atoms with E-state index < -0.39 is 0 Å². The van der Waals surface area contributed by atoms with Crippen LogP contribution >= 0.6 is 0 Å². The number of fused-ring (bicyclic) bond motifs is 1. The number of carbonyl (C=O) groups excluding carboxylic acids is 1. The SMILES string of the molecule is CC(NC(=O)CCc1ncc(-c2ccc(F)cc2)o1)c1ccc2ccccc2c1. The zero-order chi connectivity index (χ0) is 20.2. The Morgan fingerprint density at radius 3 is 2.62 bits per heavy atom. The molecule has 0 spiro atoms. The maximum atomic E-state index is 13.0. The summed E-state index contributed by atoms with van der Waals surface area (Å²) in [6.07, 6.45) is 2.27. The molecule has 4 aromatic rings. The Hall–Kier alpha value is -3.47. The summed E-state index contributed by atoms with van der Waals surface area (Å²) < 4.78 is 18.7. The van der Waals surface area contributed by atoms with E-state index in [4.69, 9.17) is 4.42 Å². The number of amides is 1. The van der Waals surface area contributed by atoms with Gasteiger partial charge in [-0.2, -0.15) is 0 Å². The molecule has 0 radical (unpaired) electrons. The van der Waals surface area contributed by atoms with Crippen molar-refractivity contribution in [3.05, 3.63) is 90.2 Å². The summed E-state index contributed by atoms with van der Waals surface area (Å²) in [5, 5.41) is 5.35. The summed E-state index contributed by atoms with van der Waals surface area (Å²) in [7, 11) is 0. The van der Waals surface area contributed by atoms with Crippen LogP contribution in [0.15, 0.2) is 77.3 Å². The first-order chi connectivity index (χ1) is 14.1. The van der Waals surface area contributed by atoms with Gasteiger partial charge >= 0.3 is 0 Å². The van der Waals surface area contributed by atoms with Crippen LogP contribution in [0.1, 0.15) is 30.8 Å². The molecule has 29 heavy (non-hydrogen) atoms. The maximum Gasteiger partial charge on any atom is 0.220 e. The van der Waals surface area contributed by atoms with E-state index in [1.807, 2.05) is 25.1 Å². The third kappa shape index (κ3) is 4.51. The largest absolute Gasteiger partial charge is 0.441 e. The van der Waals surface area contributed by atoms with Crippen molar-refractivity contribution in [2.24, 2.45) is 0 Å². The van der Waals surface area contributed by atoms with E-state index in [9.17, 15) is 9.18 Å². The third-order valence-electron chi connectivity index (χ3n) is 4.90. The van der Waals surface area contributed by atoms with Crippen molar-refractivity contribution < 1.29 is 13.6 Å². The fourth-order valence-electron chi connectivity index (χ4n) is 3.27. The van der Waals surface area contributed by atoms with Crippen LogP contribution in [-0.2, 0) is 11.2 Å². The summed E-state index contributed by atoms with van der Waals surface area (Å²) >= 11 is 0. The Morgan fingerprint density at radius 2 is 1.83 bits per heavy atom. The molecule has 1 atom stereocenters. The van der Waals surface area contributed by atoms with Gasteiger partial charge in [0.05, 0.1) is 12.2 Å². The molecule has 5 heteroatoms. The lowest BCUT2D eigenvalue weighted by molar-refractivity contribution is -0.121. The maximum absolute atomic E-state index is 13.0. The molecule has 4 nitrogen and oxygen atoms in total. The van der Waals surface area contributed by atoms with E-state index in [1.165, 1.54) is 17.5 Å². The van der Waals surface area contributed by atoms with E-state index in [-0.39, 0.29) is 24.2 Å². The van der Waals surface area contributed by atoms with E-state index in [1.54, 1.807) is 18.3 Å². The highest BCUT2D eigenvalue weighted by molar-refractivity contribution is 5.83. The van der Waals surface area contributed by atoms with Gasteiger partial charge < -0.3 is 9.73 Å². The van der Waals surface area contributed by atoms with Gasteiger partial charge in [-0.1, -0.05) is 36.4 Å². The fraction of sp³-hybridized carbons (Fsp3) is 0.167. The lowest BCUT2D eigenvalue weighted by atomic mass is 10.0. The van der Waals surface area contributed by atoms with E-state index in [0.29, 0.717) is 18.1 Å². The number of carbonyl (C=O) groups is 1. The van der Waals surface area contributed by atoms with Crippen LogP contribution in [-0.4, -0.2) is 10.9 Å². The van der Waals surface area contributed by atoms with E-state index in [0.717, 1.165) is 16.5 Å². The van der Waals surface area contributed by atoms with Crippen molar-refractivity contribution in [1.29, 1.82) is 0 Å². The molecule has 0 aliphatic heterocycles. The number of aryl methyl sites for hydroxylation is 1. The topological polar surface area (TPSA) is 55.1 Å². The molecule has 1 unspecified atom stereocenters. The second-order valence-electron chi connectivity index (χ2n) is 7.02. The minimum atomic E-state index is -0.300. The molecular formula is C24H21FN2O2. The molecule has 0 saturated heterocycles. The fourth-order valence-corrected chi connectivity index (χ4v) is 3.27. The van der Waals surface area contributed by atoms with Crippen molar-refractivity contribution in [2.75, 3.05) is 0 Å². The number of benzene rings is 3. The van der Waals surface area contributed by atoms with Crippen LogP contribution in [0.25, 0.3) is 22.1 Å². The summed E-state index contributed by atoms with van der Waals surface area (Å²) in [4.78, 5) is 16.6. The van der Waals surface area contributed by atoms with Gasteiger partial charge in [-0.3, -0.25) is 4.79 Å². The van der Waals surface area contributed by atoms with Gasteiger partial charge in [-0.25, -0.2) is 9.37 Å². The smallest absolute Gasteiger partial charge is 0.220 e. The first-order valence-corrected chi connectivity index (χ1v) is 9.57. The molecule has 0 aliphatic rings. The number of oxazole rings is 1. The van der Waals surface area contributed by atoms with Gasteiger partial charge in [0.1, 0.15) is 5.82 Å². The van der Waals surface area contributed by atoms with Crippen LogP contribution in [0.2, 0.25) is 0 Å². The van der Waals surface area contributed by atoms with Gasteiger partial charge in [-0.15, -0.1) is 0 Å². The van der Waals surface area contributed by atoms with Crippen molar-refractivity contribution in [1.82, 2.24) is 10.3 Å². The minimum Gasteiger partial charge on any atom is -0.441 e. The van der Waals surface area contributed by atoms with Crippen LogP contribution in [0.4, 0.5) is 4.39 Å². The van der Waals surface area contributed by atoms with Crippen LogP contribution in [0.3, 0.4) is 0 Å². The monoisotopic (exact) mass is 388 g/mol. The standard InChI is InChI=1S/C24H21FN2O2/c1-16(19-7-6-17-4-2-3-5-20(17)14-19)27-23(28)12-13-24-26-15-22(29-24)18-8-10-21(25)11-9-18/h2-11,14-16H,12-13H2,1H3,(H,27,28). The number of hydrogen-bond acceptors (Lipinski definition) is 3. The highest BCUT2D eigenvalue weighted by Gasteiger charge is 2.12. The van der Waals surface area contributed by atoms with E-state index in [2.05, 4.69) is 34.6 Å². The minimum absolute atomic E-state index is 0.0628. The number of nitrogens with zero attached hydrogens (tertiary/aromatic N) is 1. The second kappa shape index (κ2) is 8.27. The lowest BCUT2D eigenvalue weighted by Crippen LogP contribution is -2.26. The third-order valence-corrected chi connectivity index (χ3v) is 4.90. The summed E-state index contributed by atoms with van der Waals surface area (Å²) in [6, 6.07) is 20.3. The van der Waals surface area contributed by atoms with Crippen molar-refractivity contribution in [2.45, 2.75) is 25.8 Å². The van der Waals surface area contributed by atoms with Crippen LogP contribution in [0, 0.1) is 5.82 Å². The molecular weight excluding hydrogens is 367 g/mol. The predicted octanol–water partition coefficient (Wildman–Crippen LogP) is 5.44. The molecule has 146 valence electrons. The van der Waals surface area contributed by atoms with Crippen molar-refractivity contribution in [3.8, 4) is 11.3 Å². The van der Waals surface area contributed by atoms with Gasteiger partial charge in [0.25, 0.3) is 0 Å². The van der Waals surface area contributed by atoms with Gasteiger partial charge in [0.2, 0.25) is 5.91 Å². The average molecular weight is 388 g/mol. The molecule has 1 N–H and O–H groups in total. The lowest BCUT2D eigenvalue weighted by Gasteiger charge is -2.15. The number of halogens is 1. The Morgan fingerprint density at radius 1 is 1.07 bits per heavy atom. The molecule has 1 heterocycles. The quantitative estimate of drug-likeness (QED) is 0.478. The average Bonchev–Trinajstić information content (AvgIpc) is 3.21. The van der Waals surface area contributed by atoms with Gasteiger partial charge in [0.15, 0.2) is 11.7 Å². The normalized spacial score (nSPS) is 12.1. The summed E-state index contributed by atoms with van der Waals surface area (Å²) in [6.45, 7) is 1.97. The molecule has 1 amide bonds. The highest BCUT2D eigenvalue weighted by Crippen LogP contribution is 2.22. The van der Waals surface area contributed by atoms with Crippen LogP contribution < -0.4 is 5.32 Å². The summed E-state index contributed by atoms with van der Waals surface area (Å²) in [5.41, 5.74) is 1.81. The van der Waals surface area contributed by atoms with Gasteiger partial charge in [0, 0.05) is 18.4 Å². The number of rotatable bonds is 6. The Kier molecular flexibility index (Phi) is 5.38. The highest BCUT2D eigenvalue weighted by atomic mass is 19.1. The Bertz CT molecular complexity index is 1140. The van der Waals surface area contributed by atoms with Crippen LogP contribution in [0.5, 0.6) is 0 Å². The van der Waals surface area contributed by atoms with Gasteiger partial charge in [-0.05, 0) is 53.6 Å². The molecule has 1 aromatic heterocycles.